The second kappa shape index (κ2) is 8.04. The Morgan fingerprint density at radius 1 is 0.824 bits per heavy atom. The topological polar surface area (TPSA) is 80.9 Å². The van der Waals surface area contributed by atoms with Gasteiger partial charge in [0.05, 0.1) is 23.4 Å². The minimum Gasteiger partial charge on any atom is -0.393 e. The molecule has 196 valence electrons. The average molecular weight is 477 g/mol. The summed E-state index contributed by atoms with van der Waals surface area (Å²) in [5, 5.41) is 44.3. The number of rotatable bonds is 4. The van der Waals surface area contributed by atoms with Crippen LogP contribution in [0.25, 0.3) is 0 Å². The molecule has 0 saturated heterocycles. The zero-order chi connectivity index (χ0) is 25.5. The third kappa shape index (κ3) is 3.76. The highest BCUT2D eigenvalue weighted by molar-refractivity contribution is 5.20. The van der Waals surface area contributed by atoms with Gasteiger partial charge in [0.15, 0.2) is 0 Å². The zero-order valence-corrected chi connectivity index (χ0v) is 23.1. The lowest BCUT2D eigenvalue weighted by Crippen LogP contribution is -2.66. The van der Waals surface area contributed by atoms with Crippen molar-refractivity contribution in [2.45, 2.75) is 130 Å². The van der Waals surface area contributed by atoms with E-state index in [-0.39, 0.29) is 39.6 Å². The second-order valence-corrected chi connectivity index (χ2v) is 15.0. The highest BCUT2D eigenvalue weighted by Gasteiger charge is 2.71. The van der Waals surface area contributed by atoms with Crippen LogP contribution in [-0.2, 0) is 0 Å². The van der Waals surface area contributed by atoms with Crippen LogP contribution in [0, 0.1) is 45.3 Å². The number of hydrogen-bond acceptors (Lipinski definition) is 4. The van der Waals surface area contributed by atoms with E-state index in [0.29, 0.717) is 18.3 Å². The molecule has 0 heterocycles. The van der Waals surface area contributed by atoms with Gasteiger partial charge in [0.25, 0.3) is 0 Å². The summed E-state index contributed by atoms with van der Waals surface area (Å²) in [5.74, 6) is 1.04. The van der Waals surface area contributed by atoms with Crippen LogP contribution in [0.2, 0.25) is 0 Å². The molecule has 3 unspecified atom stereocenters. The van der Waals surface area contributed by atoms with E-state index in [9.17, 15) is 20.4 Å². The van der Waals surface area contributed by atoms with Crippen molar-refractivity contribution < 1.29 is 20.4 Å². The Morgan fingerprint density at radius 2 is 1.44 bits per heavy atom. The third-order valence-corrected chi connectivity index (χ3v) is 12.2. The van der Waals surface area contributed by atoms with Gasteiger partial charge in [0, 0.05) is 0 Å². The summed E-state index contributed by atoms with van der Waals surface area (Å²) in [6.45, 7) is 17.3. The van der Waals surface area contributed by atoms with E-state index in [2.05, 4.69) is 34.6 Å². The van der Waals surface area contributed by atoms with Gasteiger partial charge >= 0.3 is 0 Å². The van der Waals surface area contributed by atoms with Gasteiger partial charge in [-0.15, -0.1) is 0 Å². The molecule has 0 amide bonds. The van der Waals surface area contributed by atoms with Gasteiger partial charge in [0.2, 0.25) is 0 Å². The van der Waals surface area contributed by atoms with Crippen molar-refractivity contribution in [1.29, 1.82) is 0 Å². The molecule has 4 aliphatic carbocycles. The molecule has 4 heteroatoms. The Balaban J connectivity index is 1.66. The van der Waals surface area contributed by atoms with E-state index < -0.39 is 17.3 Å². The molecule has 34 heavy (non-hydrogen) atoms. The SMILES string of the molecule is CC(C)(O)/C=C/C[C@](C)(O)[C@H]1CC[C@]2(C)C1[C@H](O)CC1[C@@]3(C)CC[C@H](O)C(C)(C)C3CC[C@]12C. The first-order valence-electron chi connectivity index (χ1n) is 13.9. The molecule has 0 spiro atoms. The average Bonchev–Trinajstić information content (AvgIpc) is 3.07. The minimum absolute atomic E-state index is 0.0157. The Morgan fingerprint density at radius 3 is 2.06 bits per heavy atom. The summed E-state index contributed by atoms with van der Waals surface area (Å²) in [7, 11) is 0. The van der Waals surface area contributed by atoms with Crippen LogP contribution in [0.4, 0.5) is 0 Å². The molecule has 0 aliphatic heterocycles. The normalized spacial score (nSPS) is 50.4. The molecule has 4 rings (SSSR count). The summed E-state index contributed by atoms with van der Waals surface area (Å²) < 4.78 is 0. The van der Waals surface area contributed by atoms with Crippen LogP contribution in [0.5, 0.6) is 0 Å². The van der Waals surface area contributed by atoms with Crippen LogP contribution in [0.1, 0.15) is 107 Å². The summed E-state index contributed by atoms with van der Waals surface area (Å²) in [4.78, 5) is 0. The molecule has 4 N–H and O–H groups in total. The van der Waals surface area contributed by atoms with Gasteiger partial charge in [-0.25, -0.2) is 0 Å². The van der Waals surface area contributed by atoms with Crippen molar-refractivity contribution in [3.8, 4) is 0 Å². The lowest BCUT2D eigenvalue weighted by molar-refractivity contribution is -0.246. The van der Waals surface area contributed by atoms with Gasteiger partial charge in [-0.05, 0) is 117 Å². The number of aliphatic hydroxyl groups excluding tert-OH is 2. The van der Waals surface area contributed by atoms with Crippen LogP contribution in [0.3, 0.4) is 0 Å². The van der Waals surface area contributed by atoms with Gasteiger partial charge in [-0.3, -0.25) is 0 Å². The largest absolute Gasteiger partial charge is 0.393 e. The molecule has 0 aromatic carbocycles. The lowest BCUT2D eigenvalue weighted by atomic mass is 9.35. The molecular weight excluding hydrogens is 424 g/mol. The Labute approximate surface area is 208 Å². The molecule has 4 saturated carbocycles. The van der Waals surface area contributed by atoms with Crippen molar-refractivity contribution in [3.05, 3.63) is 12.2 Å². The van der Waals surface area contributed by atoms with Crippen molar-refractivity contribution in [1.82, 2.24) is 0 Å². The summed E-state index contributed by atoms with van der Waals surface area (Å²) in [6.07, 6.45) is 10.5. The van der Waals surface area contributed by atoms with Crippen molar-refractivity contribution in [3.63, 3.8) is 0 Å². The molecule has 4 aliphatic rings. The second-order valence-electron chi connectivity index (χ2n) is 15.0. The molecule has 0 aromatic rings. The predicted molar refractivity (Wildman–Crippen MR) is 137 cm³/mol. The van der Waals surface area contributed by atoms with E-state index in [4.69, 9.17) is 0 Å². The molecule has 10 atom stereocenters. The molecule has 4 fully saturated rings. The molecular formula is C30H52O4. The Kier molecular flexibility index (Phi) is 6.30. The fourth-order valence-corrected chi connectivity index (χ4v) is 10.2. The lowest BCUT2D eigenvalue weighted by Gasteiger charge is -2.70. The highest BCUT2D eigenvalue weighted by atomic mass is 16.3. The Bertz CT molecular complexity index is 809. The van der Waals surface area contributed by atoms with Crippen LogP contribution in [-0.4, -0.2) is 43.8 Å². The monoisotopic (exact) mass is 476 g/mol. The maximum Gasteiger partial charge on any atom is 0.0771 e. The van der Waals surface area contributed by atoms with Crippen molar-refractivity contribution in [2.75, 3.05) is 0 Å². The van der Waals surface area contributed by atoms with Gasteiger partial charge < -0.3 is 20.4 Å². The van der Waals surface area contributed by atoms with Gasteiger partial charge in [-0.2, -0.15) is 0 Å². The molecule has 0 bridgehead atoms. The van der Waals surface area contributed by atoms with Crippen LogP contribution < -0.4 is 0 Å². The Hall–Kier alpha value is -0.420. The fraction of sp³-hybridized carbons (Fsp3) is 0.933. The predicted octanol–water partition coefficient (Wildman–Crippen LogP) is 5.47. The van der Waals surface area contributed by atoms with Gasteiger partial charge in [0.1, 0.15) is 0 Å². The van der Waals surface area contributed by atoms with Gasteiger partial charge in [-0.1, -0.05) is 46.8 Å². The molecule has 4 nitrogen and oxygen atoms in total. The van der Waals surface area contributed by atoms with Crippen molar-refractivity contribution in [2.24, 2.45) is 45.3 Å². The smallest absolute Gasteiger partial charge is 0.0771 e. The first-order valence-corrected chi connectivity index (χ1v) is 13.9. The van der Waals surface area contributed by atoms with E-state index in [1.54, 1.807) is 19.9 Å². The van der Waals surface area contributed by atoms with E-state index >= 15 is 0 Å². The van der Waals surface area contributed by atoms with E-state index in [1.165, 1.54) is 0 Å². The van der Waals surface area contributed by atoms with Crippen molar-refractivity contribution >= 4 is 0 Å². The fourth-order valence-electron chi connectivity index (χ4n) is 10.2. The first-order chi connectivity index (χ1) is 15.4. The molecule has 0 radical (unpaired) electrons. The zero-order valence-electron chi connectivity index (χ0n) is 23.1. The number of hydrogen-bond donors (Lipinski definition) is 4. The summed E-state index contributed by atoms with van der Waals surface area (Å²) >= 11 is 0. The highest BCUT2D eigenvalue weighted by Crippen LogP contribution is 2.75. The van der Waals surface area contributed by atoms with E-state index in [0.717, 1.165) is 44.9 Å². The van der Waals surface area contributed by atoms with Crippen LogP contribution in [0.15, 0.2) is 12.2 Å². The minimum atomic E-state index is -0.910. The maximum atomic E-state index is 11.8. The summed E-state index contributed by atoms with van der Waals surface area (Å²) in [5.41, 5.74) is -1.66. The molecule has 0 aromatic heterocycles. The number of aliphatic hydroxyl groups is 4. The third-order valence-electron chi connectivity index (χ3n) is 12.2. The maximum absolute atomic E-state index is 11.8. The summed E-state index contributed by atoms with van der Waals surface area (Å²) in [6, 6.07) is 0. The number of fused-ring (bicyclic) bond motifs is 5. The van der Waals surface area contributed by atoms with E-state index in [1.807, 2.05) is 13.0 Å². The standard InChI is InChI=1S/C30H52O4/c1-25(2,33)13-9-14-30(8,34)19-10-16-29(7)24(19)20(31)18-22-27(5)15-12-23(32)26(3,4)21(27)11-17-28(22,29)6/h9,13,19-24,31-34H,10-12,14-18H2,1-8H3/b13-9+/t19-,20+,21?,22?,23-,24?,27-,28+,29+,30-/m0/s1. The van der Waals surface area contributed by atoms with Crippen LogP contribution >= 0.6 is 0 Å². The quantitative estimate of drug-likeness (QED) is 0.406. The first kappa shape index (κ1) is 26.6.